The van der Waals surface area contributed by atoms with E-state index in [1.165, 1.54) is 18.3 Å². The highest BCUT2D eigenvalue weighted by molar-refractivity contribution is 9.10. The number of aromatic nitrogens is 1. The SMILES string of the molecule is Cc1cnc(Oc2cc(Br)ccc2C(=O)O)cc1[N+](=O)[O-]. The van der Waals surface area contributed by atoms with Gasteiger partial charge in [-0.15, -0.1) is 0 Å². The number of benzene rings is 1. The van der Waals surface area contributed by atoms with E-state index in [0.717, 1.165) is 6.07 Å². The van der Waals surface area contributed by atoms with Crippen LogP contribution in [0.15, 0.2) is 34.9 Å². The van der Waals surface area contributed by atoms with Gasteiger partial charge in [0.1, 0.15) is 11.3 Å². The van der Waals surface area contributed by atoms with Crippen molar-refractivity contribution in [2.45, 2.75) is 6.92 Å². The third-order valence-corrected chi connectivity index (χ3v) is 3.13. The number of aromatic carboxylic acids is 1. The third kappa shape index (κ3) is 3.34. The van der Waals surface area contributed by atoms with Crippen molar-refractivity contribution in [2.75, 3.05) is 0 Å². The number of rotatable bonds is 4. The average Bonchev–Trinajstić information content (AvgIpc) is 2.40. The highest BCUT2D eigenvalue weighted by atomic mass is 79.9. The molecule has 21 heavy (non-hydrogen) atoms. The second kappa shape index (κ2) is 5.88. The predicted molar refractivity (Wildman–Crippen MR) is 76.8 cm³/mol. The molecule has 0 aliphatic heterocycles. The van der Waals surface area contributed by atoms with Crippen LogP contribution in [0.1, 0.15) is 15.9 Å². The van der Waals surface area contributed by atoms with Crippen molar-refractivity contribution in [2.24, 2.45) is 0 Å². The third-order valence-electron chi connectivity index (χ3n) is 2.63. The Morgan fingerprint density at radius 1 is 1.43 bits per heavy atom. The Hall–Kier alpha value is -2.48. The van der Waals surface area contributed by atoms with E-state index in [2.05, 4.69) is 20.9 Å². The number of ether oxygens (including phenoxy) is 1. The van der Waals surface area contributed by atoms with Gasteiger partial charge in [0.05, 0.1) is 11.0 Å². The Balaban J connectivity index is 2.43. The molecule has 1 heterocycles. The molecule has 0 unspecified atom stereocenters. The minimum Gasteiger partial charge on any atom is -0.478 e. The van der Waals surface area contributed by atoms with Gasteiger partial charge in [-0.25, -0.2) is 9.78 Å². The minimum absolute atomic E-state index is 0.0440. The summed E-state index contributed by atoms with van der Waals surface area (Å²) < 4.78 is 5.99. The van der Waals surface area contributed by atoms with Gasteiger partial charge in [0, 0.05) is 16.2 Å². The number of nitrogens with zero attached hydrogens (tertiary/aromatic N) is 2. The van der Waals surface area contributed by atoms with Crippen molar-refractivity contribution in [1.82, 2.24) is 4.98 Å². The lowest BCUT2D eigenvalue weighted by atomic mass is 10.2. The first-order valence-electron chi connectivity index (χ1n) is 5.70. The van der Waals surface area contributed by atoms with Crippen LogP contribution >= 0.6 is 15.9 Å². The molecule has 1 aromatic heterocycles. The monoisotopic (exact) mass is 352 g/mol. The van der Waals surface area contributed by atoms with Crippen molar-refractivity contribution >= 4 is 27.6 Å². The molecule has 0 spiro atoms. The standard InChI is InChI=1S/C13H9BrN2O5/c1-7-6-15-12(5-10(7)16(19)20)21-11-4-8(14)2-3-9(11)13(17)18/h2-6H,1H3,(H,17,18). The molecule has 0 saturated carbocycles. The van der Waals surface area contributed by atoms with E-state index in [0.29, 0.717) is 10.0 Å². The van der Waals surface area contributed by atoms with Gasteiger partial charge in [0.15, 0.2) is 0 Å². The predicted octanol–water partition coefficient (Wildman–Crippen LogP) is 3.55. The first kappa shape index (κ1) is 14.9. The molecule has 0 bridgehead atoms. The van der Waals surface area contributed by atoms with E-state index in [-0.39, 0.29) is 22.9 Å². The molecule has 108 valence electrons. The van der Waals surface area contributed by atoms with Crippen LogP contribution in [-0.2, 0) is 0 Å². The van der Waals surface area contributed by atoms with Crippen molar-refractivity contribution < 1.29 is 19.6 Å². The van der Waals surface area contributed by atoms with Gasteiger partial charge < -0.3 is 9.84 Å². The van der Waals surface area contributed by atoms with Crippen molar-refractivity contribution in [1.29, 1.82) is 0 Å². The summed E-state index contributed by atoms with van der Waals surface area (Å²) in [6, 6.07) is 5.53. The molecule has 0 amide bonds. The summed E-state index contributed by atoms with van der Waals surface area (Å²) in [6.45, 7) is 1.55. The van der Waals surface area contributed by atoms with Gasteiger partial charge in [0.2, 0.25) is 5.88 Å². The Morgan fingerprint density at radius 2 is 2.14 bits per heavy atom. The minimum atomic E-state index is -1.17. The highest BCUT2D eigenvalue weighted by Gasteiger charge is 2.16. The Bertz CT molecular complexity index is 732. The molecule has 0 saturated heterocycles. The molecular weight excluding hydrogens is 344 g/mol. The Labute approximate surface area is 127 Å². The lowest BCUT2D eigenvalue weighted by Gasteiger charge is -2.08. The van der Waals surface area contributed by atoms with Crippen LogP contribution in [-0.4, -0.2) is 21.0 Å². The fourth-order valence-corrected chi connectivity index (χ4v) is 1.96. The van der Waals surface area contributed by atoms with Gasteiger partial charge >= 0.3 is 5.97 Å². The summed E-state index contributed by atoms with van der Waals surface area (Å²) in [6.07, 6.45) is 1.30. The Kier molecular flexibility index (Phi) is 4.18. The maximum absolute atomic E-state index is 11.1. The number of hydrogen-bond donors (Lipinski definition) is 1. The number of pyridine rings is 1. The lowest BCUT2D eigenvalue weighted by molar-refractivity contribution is -0.385. The van der Waals surface area contributed by atoms with E-state index in [9.17, 15) is 14.9 Å². The zero-order valence-electron chi connectivity index (χ0n) is 10.7. The molecule has 1 N–H and O–H groups in total. The second-order valence-electron chi connectivity index (χ2n) is 4.11. The molecule has 0 radical (unpaired) electrons. The molecule has 7 nitrogen and oxygen atoms in total. The van der Waals surface area contributed by atoms with E-state index < -0.39 is 10.9 Å². The van der Waals surface area contributed by atoms with Gasteiger partial charge in [-0.3, -0.25) is 10.1 Å². The molecule has 0 aliphatic carbocycles. The number of hydrogen-bond acceptors (Lipinski definition) is 5. The number of aryl methyl sites for hydroxylation is 1. The summed E-state index contributed by atoms with van der Waals surface area (Å²) in [7, 11) is 0. The number of halogens is 1. The fraction of sp³-hybridized carbons (Fsp3) is 0.0769. The van der Waals surface area contributed by atoms with Crippen molar-refractivity contribution in [3.63, 3.8) is 0 Å². The first-order valence-corrected chi connectivity index (χ1v) is 6.49. The molecule has 1 aromatic carbocycles. The normalized spacial score (nSPS) is 10.2. The van der Waals surface area contributed by atoms with Crippen molar-refractivity contribution in [3.8, 4) is 11.6 Å². The second-order valence-corrected chi connectivity index (χ2v) is 5.03. The van der Waals surface area contributed by atoms with E-state index in [4.69, 9.17) is 9.84 Å². The first-order chi connectivity index (χ1) is 9.88. The number of carboxylic acids is 1. The fourth-order valence-electron chi connectivity index (χ4n) is 1.62. The summed E-state index contributed by atoms with van der Waals surface area (Å²) in [5.74, 6) is -1.17. The molecular formula is C13H9BrN2O5. The summed E-state index contributed by atoms with van der Waals surface area (Å²) in [5.41, 5.74) is 0.176. The van der Waals surface area contributed by atoms with Crippen LogP contribution in [0.5, 0.6) is 11.6 Å². The number of carboxylic acid groups (broad SMARTS) is 1. The smallest absolute Gasteiger partial charge is 0.339 e. The quantitative estimate of drug-likeness (QED) is 0.666. The maximum atomic E-state index is 11.1. The van der Waals surface area contributed by atoms with Crippen LogP contribution < -0.4 is 4.74 Å². The zero-order chi connectivity index (χ0) is 15.6. The van der Waals surface area contributed by atoms with Gasteiger partial charge in [-0.2, -0.15) is 0 Å². The number of carbonyl (C=O) groups is 1. The highest BCUT2D eigenvalue weighted by Crippen LogP contribution is 2.30. The summed E-state index contributed by atoms with van der Waals surface area (Å²) in [4.78, 5) is 25.4. The molecule has 2 aromatic rings. The maximum Gasteiger partial charge on any atom is 0.339 e. The largest absolute Gasteiger partial charge is 0.478 e. The van der Waals surface area contributed by atoms with E-state index >= 15 is 0 Å². The number of nitro groups is 1. The summed E-state index contributed by atoms with van der Waals surface area (Å²) in [5, 5.41) is 20.0. The Morgan fingerprint density at radius 3 is 2.76 bits per heavy atom. The van der Waals surface area contributed by atoms with Crippen LogP contribution in [0.3, 0.4) is 0 Å². The molecule has 8 heteroatoms. The average molecular weight is 353 g/mol. The van der Waals surface area contributed by atoms with E-state index in [1.807, 2.05) is 0 Å². The molecule has 0 fully saturated rings. The molecule has 0 atom stereocenters. The molecule has 0 aliphatic rings. The van der Waals surface area contributed by atoms with Crippen LogP contribution in [0.4, 0.5) is 5.69 Å². The molecule has 2 rings (SSSR count). The van der Waals surface area contributed by atoms with Crippen molar-refractivity contribution in [3.05, 3.63) is 56.2 Å². The van der Waals surface area contributed by atoms with Crippen LogP contribution in [0.2, 0.25) is 0 Å². The van der Waals surface area contributed by atoms with Gasteiger partial charge in [-0.05, 0) is 25.1 Å². The zero-order valence-corrected chi connectivity index (χ0v) is 12.3. The lowest BCUT2D eigenvalue weighted by Crippen LogP contribution is -2.01. The topological polar surface area (TPSA) is 103 Å². The summed E-state index contributed by atoms with van der Waals surface area (Å²) >= 11 is 3.21. The van der Waals surface area contributed by atoms with Gasteiger partial charge in [-0.1, -0.05) is 15.9 Å². The van der Waals surface area contributed by atoms with Crippen LogP contribution in [0, 0.1) is 17.0 Å². The van der Waals surface area contributed by atoms with Crippen LogP contribution in [0.25, 0.3) is 0 Å². The van der Waals surface area contributed by atoms with E-state index in [1.54, 1.807) is 13.0 Å². The van der Waals surface area contributed by atoms with Gasteiger partial charge in [0.25, 0.3) is 5.69 Å².